The molecular formula is C21H21N5O3. The SMILES string of the molecule is CCN(CC(=O)N1CC(=O)Nc2ccccc21)Cc1nc2ccccc2c(=O)[nH]1. The van der Waals surface area contributed by atoms with Crippen molar-refractivity contribution >= 4 is 34.1 Å². The first-order valence-electron chi connectivity index (χ1n) is 9.44. The number of hydrogen-bond acceptors (Lipinski definition) is 5. The number of H-pyrrole nitrogens is 1. The summed E-state index contributed by atoms with van der Waals surface area (Å²) in [7, 11) is 0. The highest BCUT2D eigenvalue weighted by Gasteiger charge is 2.27. The molecule has 2 N–H and O–H groups in total. The average molecular weight is 391 g/mol. The number of benzene rings is 2. The number of para-hydroxylation sites is 3. The van der Waals surface area contributed by atoms with E-state index >= 15 is 0 Å². The lowest BCUT2D eigenvalue weighted by atomic mass is 10.2. The number of anilines is 2. The zero-order chi connectivity index (χ0) is 20.4. The standard InChI is InChI=1S/C21H21N5O3/c1-2-25(11-18-22-15-8-4-3-7-14(15)21(29)24-18)13-20(28)26-12-19(27)23-16-9-5-6-10-17(16)26/h3-10H,2,11-13H2,1H3,(H,23,27)(H,22,24,29). The second-order valence-corrected chi connectivity index (χ2v) is 6.88. The first-order chi connectivity index (χ1) is 14.0. The van der Waals surface area contributed by atoms with Gasteiger partial charge in [-0.25, -0.2) is 4.98 Å². The van der Waals surface area contributed by atoms with Gasteiger partial charge < -0.3 is 10.3 Å². The highest BCUT2D eigenvalue weighted by Crippen LogP contribution is 2.28. The third-order valence-corrected chi connectivity index (χ3v) is 4.91. The molecule has 0 radical (unpaired) electrons. The molecule has 4 rings (SSSR count). The van der Waals surface area contributed by atoms with Gasteiger partial charge in [-0.2, -0.15) is 0 Å². The fraction of sp³-hybridized carbons (Fsp3) is 0.238. The van der Waals surface area contributed by atoms with Gasteiger partial charge in [-0.3, -0.25) is 24.2 Å². The third kappa shape index (κ3) is 3.88. The molecule has 148 valence electrons. The van der Waals surface area contributed by atoms with Crippen molar-refractivity contribution in [1.82, 2.24) is 14.9 Å². The first-order valence-corrected chi connectivity index (χ1v) is 9.44. The van der Waals surface area contributed by atoms with Crippen molar-refractivity contribution in [3.63, 3.8) is 0 Å². The van der Waals surface area contributed by atoms with E-state index in [1.165, 1.54) is 4.90 Å². The summed E-state index contributed by atoms with van der Waals surface area (Å²) in [6.45, 7) is 2.93. The van der Waals surface area contributed by atoms with Gasteiger partial charge in [0.05, 0.1) is 35.4 Å². The Morgan fingerprint density at radius 1 is 1.14 bits per heavy atom. The summed E-state index contributed by atoms with van der Waals surface area (Å²) in [5.41, 5.74) is 1.73. The minimum absolute atomic E-state index is 0.0154. The van der Waals surface area contributed by atoms with Crippen molar-refractivity contribution < 1.29 is 9.59 Å². The number of likely N-dealkylation sites (N-methyl/N-ethyl adjacent to an activating group) is 1. The molecule has 2 aromatic carbocycles. The molecule has 0 saturated heterocycles. The molecule has 0 aliphatic carbocycles. The van der Waals surface area contributed by atoms with Gasteiger partial charge in [0.1, 0.15) is 12.4 Å². The third-order valence-electron chi connectivity index (χ3n) is 4.91. The van der Waals surface area contributed by atoms with Crippen LogP contribution in [-0.2, 0) is 16.1 Å². The van der Waals surface area contributed by atoms with E-state index in [0.29, 0.717) is 41.2 Å². The van der Waals surface area contributed by atoms with Gasteiger partial charge in [-0.05, 0) is 30.8 Å². The number of nitrogens with zero attached hydrogens (tertiary/aromatic N) is 3. The van der Waals surface area contributed by atoms with E-state index in [2.05, 4.69) is 15.3 Å². The highest BCUT2D eigenvalue weighted by molar-refractivity contribution is 6.10. The number of fused-ring (bicyclic) bond motifs is 2. The van der Waals surface area contributed by atoms with Crippen molar-refractivity contribution in [2.45, 2.75) is 13.5 Å². The summed E-state index contributed by atoms with van der Waals surface area (Å²) < 4.78 is 0. The van der Waals surface area contributed by atoms with Gasteiger partial charge in [0.2, 0.25) is 11.8 Å². The summed E-state index contributed by atoms with van der Waals surface area (Å²) in [5, 5.41) is 3.31. The molecule has 0 bridgehead atoms. The number of hydrogen-bond donors (Lipinski definition) is 2. The van der Waals surface area contributed by atoms with Crippen LogP contribution in [0.4, 0.5) is 11.4 Å². The molecule has 2 heterocycles. The minimum atomic E-state index is -0.222. The van der Waals surface area contributed by atoms with Crippen LogP contribution in [0.15, 0.2) is 53.3 Å². The minimum Gasteiger partial charge on any atom is -0.323 e. The Morgan fingerprint density at radius 2 is 1.90 bits per heavy atom. The molecule has 2 amide bonds. The monoisotopic (exact) mass is 391 g/mol. The molecule has 0 saturated carbocycles. The quantitative estimate of drug-likeness (QED) is 0.690. The molecule has 3 aromatic rings. The largest absolute Gasteiger partial charge is 0.323 e. The van der Waals surface area contributed by atoms with Crippen LogP contribution >= 0.6 is 0 Å². The lowest BCUT2D eigenvalue weighted by molar-refractivity contribution is -0.122. The summed E-state index contributed by atoms with van der Waals surface area (Å²) in [6.07, 6.45) is 0. The predicted molar refractivity (Wildman–Crippen MR) is 111 cm³/mol. The molecular weight excluding hydrogens is 370 g/mol. The van der Waals surface area contributed by atoms with Gasteiger partial charge in [0.25, 0.3) is 5.56 Å². The fourth-order valence-corrected chi connectivity index (χ4v) is 3.43. The molecule has 1 aliphatic rings. The maximum Gasteiger partial charge on any atom is 0.258 e. The van der Waals surface area contributed by atoms with Crippen LogP contribution < -0.4 is 15.8 Å². The molecule has 8 nitrogen and oxygen atoms in total. The Balaban J connectivity index is 1.53. The predicted octanol–water partition coefficient (Wildman–Crippen LogP) is 1.73. The summed E-state index contributed by atoms with van der Waals surface area (Å²) >= 11 is 0. The van der Waals surface area contributed by atoms with E-state index in [0.717, 1.165) is 0 Å². The number of carbonyl (C=O) groups is 2. The second kappa shape index (κ2) is 7.84. The van der Waals surface area contributed by atoms with Crippen molar-refractivity contribution in [2.24, 2.45) is 0 Å². The van der Waals surface area contributed by atoms with Crippen molar-refractivity contribution in [1.29, 1.82) is 0 Å². The zero-order valence-corrected chi connectivity index (χ0v) is 16.0. The molecule has 0 fully saturated rings. The number of carbonyl (C=O) groups excluding carboxylic acids is 2. The summed E-state index contributed by atoms with van der Waals surface area (Å²) in [5.74, 6) is 0.0954. The number of amides is 2. The molecule has 8 heteroatoms. The molecule has 1 aromatic heterocycles. The number of rotatable bonds is 5. The van der Waals surface area contributed by atoms with Crippen LogP contribution in [-0.4, -0.2) is 46.3 Å². The Labute approximate surface area is 167 Å². The average Bonchev–Trinajstić information content (AvgIpc) is 2.72. The van der Waals surface area contributed by atoms with Crippen LogP contribution in [0, 0.1) is 0 Å². The van der Waals surface area contributed by atoms with Crippen LogP contribution in [0.1, 0.15) is 12.7 Å². The molecule has 1 aliphatic heterocycles. The van der Waals surface area contributed by atoms with Gasteiger partial charge >= 0.3 is 0 Å². The van der Waals surface area contributed by atoms with Crippen molar-refractivity contribution in [3.05, 3.63) is 64.7 Å². The van der Waals surface area contributed by atoms with Gasteiger partial charge in [-0.1, -0.05) is 31.2 Å². The Morgan fingerprint density at radius 3 is 2.72 bits per heavy atom. The zero-order valence-electron chi connectivity index (χ0n) is 16.0. The maximum atomic E-state index is 13.0. The normalized spacial score (nSPS) is 13.4. The topological polar surface area (TPSA) is 98.4 Å². The lowest BCUT2D eigenvalue weighted by Crippen LogP contribution is -2.46. The molecule has 0 atom stereocenters. The number of aromatic amines is 1. The first kappa shape index (κ1) is 18.8. The Hall–Kier alpha value is -3.52. The maximum absolute atomic E-state index is 13.0. The van der Waals surface area contributed by atoms with Crippen LogP contribution in [0.3, 0.4) is 0 Å². The van der Waals surface area contributed by atoms with E-state index in [1.54, 1.807) is 24.3 Å². The van der Waals surface area contributed by atoms with Crippen molar-refractivity contribution in [2.75, 3.05) is 29.9 Å². The van der Waals surface area contributed by atoms with Crippen LogP contribution in [0.2, 0.25) is 0 Å². The summed E-state index contributed by atoms with van der Waals surface area (Å²) in [6, 6.07) is 14.4. The highest BCUT2D eigenvalue weighted by atomic mass is 16.2. The molecule has 29 heavy (non-hydrogen) atoms. The molecule has 0 spiro atoms. The Bertz CT molecular complexity index is 1140. The van der Waals surface area contributed by atoms with Crippen LogP contribution in [0.5, 0.6) is 0 Å². The van der Waals surface area contributed by atoms with Gasteiger partial charge in [0.15, 0.2) is 0 Å². The van der Waals surface area contributed by atoms with Gasteiger partial charge in [0, 0.05) is 0 Å². The van der Waals surface area contributed by atoms with E-state index < -0.39 is 0 Å². The van der Waals surface area contributed by atoms with Crippen LogP contribution in [0.25, 0.3) is 10.9 Å². The smallest absolute Gasteiger partial charge is 0.258 e. The number of aromatic nitrogens is 2. The van der Waals surface area contributed by atoms with E-state index in [9.17, 15) is 14.4 Å². The van der Waals surface area contributed by atoms with E-state index in [-0.39, 0.29) is 30.5 Å². The summed E-state index contributed by atoms with van der Waals surface area (Å²) in [4.78, 5) is 47.9. The van der Waals surface area contributed by atoms with Gasteiger partial charge in [-0.15, -0.1) is 0 Å². The van der Waals surface area contributed by atoms with E-state index in [1.807, 2.05) is 36.1 Å². The molecule has 0 unspecified atom stereocenters. The Kier molecular flexibility index (Phi) is 5.09. The van der Waals surface area contributed by atoms with Crippen molar-refractivity contribution in [3.8, 4) is 0 Å². The lowest BCUT2D eigenvalue weighted by Gasteiger charge is -2.31. The van der Waals surface area contributed by atoms with E-state index in [4.69, 9.17) is 0 Å². The second-order valence-electron chi connectivity index (χ2n) is 6.88. The number of nitrogens with one attached hydrogen (secondary N) is 2. The fourth-order valence-electron chi connectivity index (χ4n) is 3.43.